The highest BCUT2D eigenvalue weighted by Gasteiger charge is 1.97. The van der Waals surface area contributed by atoms with Crippen LogP contribution >= 0.6 is 12.2 Å². The van der Waals surface area contributed by atoms with Gasteiger partial charge in [0, 0.05) is 26.0 Å². The summed E-state index contributed by atoms with van der Waals surface area (Å²) in [6.45, 7) is 2.78. The van der Waals surface area contributed by atoms with E-state index in [0.29, 0.717) is 5.11 Å². The molecule has 0 aromatic carbocycles. The Hall–Kier alpha value is -1.16. The molecule has 0 unspecified atom stereocenters. The zero-order valence-electron chi connectivity index (χ0n) is 7.79. The number of thiocarbonyl (C=S) groups is 1. The van der Waals surface area contributed by atoms with Crippen LogP contribution in [0.15, 0.2) is 18.5 Å². The first kappa shape index (κ1) is 9.92. The van der Waals surface area contributed by atoms with E-state index in [-0.39, 0.29) is 0 Å². The molecule has 0 aliphatic heterocycles. The van der Waals surface area contributed by atoms with E-state index in [1.807, 2.05) is 12.3 Å². The molecule has 1 rings (SSSR count). The van der Waals surface area contributed by atoms with Gasteiger partial charge >= 0.3 is 0 Å². The van der Waals surface area contributed by atoms with Crippen molar-refractivity contribution >= 4 is 17.3 Å². The summed E-state index contributed by atoms with van der Waals surface area (Å²) in [5, 5.41) is 6.58. The fraction of sp³-hybridized carbons (Fsp3) is 0.333. The molecule has 0 saturated heterocycles. The molecule has 0 aliphatic carbocycles. The Labute approximate surface area is 83.6 Å². The highest BCUT2D eigenvalue weighted by atomic mass is 32.1. The normalized spacial score (nSPS) is 9.38. The van der Waals surface area contributed by atoms with Crippen molar-refractivity contribution in [1.82, 2.24) is 15.6 Å². The Morgan fingerprint density at radius 2 is 2.38 bits per heavy atom. The summed E-state index contributed by atoms with van der Waals surface area (Å²) < 4.78 is 0. The summed E-state index contributed by atoms with van der Waals surface area (Å²) in [5.74, 6) is 0. The van der Waals surface area contributed by atoms with Crippen molar-refractivity contribution in [1.29, 1.82) is 0 Å². The molecule has 2 N–H and O–H groups in total. The summed E-state index contributed by atoms with van der Waals surface area (Å²) >= 11 is 4.96. The second kappa shape index (κ2) is 4.77. The Kier molecular flexibility index (Phi) is 3.64. The highest BCUT2D eigenvalue weighted by molar-refractivity contribution is 7.80. The van der Waals surface area contributed by atoms with Gasteiger partial charge in [0.15, 0.2) is 5.11 Å². The van der Waals surface area contributed by atoms with Crippen LogP contribution < -0.4 is 10.6 Å². The number of nitrogens with zero attached hydrogens (tertiary/aromatic N) is 1. The van der Waals surface area contributed by atoms with Crippen LogP contribution in [-0.2, 0) is 6.54 Å². The van der Waals surface area contributed by atoms with Gasteiger partial charge in [-0.05, 0) is 36.3 Å². The van der Waals surface area contributed by atoms with Crippen LogP contribution in [0.3, 0.4) is 0 Å². The van der Waals surface area contributed by atoms with Crippen LogP contribution in [0.25, 0.3) is 0 Å². The fourth-order valence-electron chi connectivity index (χ4n) is 0.946. The maximum atomic E-state index is 4.96. The van der Waals surface area contributed by atoms with Crippen molar-refractivity contribution in [3.63, 3.8) is 0 Å². The molecule has 4 heteroatoms. The van der Waals surface area contributed by atoms with Crippen molar-refractivity contribution in [3.8, 4) is 0 Å². The molecule has 1 aromatic rings. The lowest BCUT2D eigenvalue weighted by atomic mass is 10.2. The van der Waals surface area contributed by atoms with Crippen LogP contribution in [0.1, 0.15) is 11.1 Å². The second-order valence-corrected chi connectivity index (χ2v) is 3.14. The zero-order valence-corrected chi connectivity index (χ0v) is 8.61. The number of hydrogen-bond acceptors (Lipinski definition) is 2. The summed E-state index contributed by atoms with van der Waals surface area (Å²) in [6.07, 6.45) is 3.63. The third kappa shape index (κ3) is 2.99. The minimum atomic E-state index is 0.656. The molecular weight excluding hydrogens is 182 g/mol. The molecule has 0 radical (unpaired) electrons. The highest BCUT2D eigenvalue weighted by Crippen LogP contribution is 2.03. The largest absolute Gasteiger partial charge is 0.366 e. The van der Waals surface area contributed by atoms with Gasteiger partial charge in [-0.3, -0.25) is 4.98 Å². The van der Waals surface area contributed by atoms with E-state index in [2.05, 4.69) is 22.5 Å². The summed E-state index contributed by atoms with van der Waals surface area (Å²) in [7, 11) is 1.80. The van der Waals surface area contributed by atoms with E-state index in [1.165, 1.54) is 11.1 Å². The molecule has 0 bridgehead atoms. The van der Waals surface area contributed by atoms with Crippen molar-refractivity contribution in [2.75, 3.05) is 7.05 Å². The van der Waals surface area contributed by atoms with Crippen LogP contribution in [0.5, 0.6) is 0 Å². The van der Waals surface area contributed by atoms with E-state index in [1.54, 1.807) is 13.2 Å². The fourth-order valence-corrected chi connectivity index (χ4v) is 1.02. The lowest BCUT2D eigenvalue weighted by Crippen LogP contribution is -2.32. The monoisotopic (exact) mass is 195 g/mol. The SMILES string of the molecule is CNC(=S)NCc1cnccc1C. The molecule has 0 atom stereocenters. The molecule has 3 nitrogen and oxygen atoms in total. The van der Waals surface area contributed by atoms with Gasteiger partial charge in [-0.1, -0.05) is 0 Å². The molecule has 13 heavy (non-hydrogen) atoms. The van der Waals surface area contributed by atoms with E-state index < -0.39 is 0 Å². The number of nitrogens with one attached hydrogen (secondary N) is 2. The van der Waals surface area contributed by atoms with Crippen molar-refractivity contribution < 1.29 is 0 Å². The average Bonchev–Trinajstić information content (AvgIpc) is 2.16. The summed E-state index contributed by atoms with van der Waals surface area (Å²) in [6, 6.07) is 1.99. The lowest BCUT2D eigenvalue weighted by molar-refractivity contribution is 0.876. The molecule has 70 valence electrons. The predicted molar refractivity (Wildman–Crippen MR) is 57.5 cm³/mol. The van der Waals surface area contributed by atoms with Crippen molar-refractivity contribution in [2.24, 2.45) is 0 Å². The maximum Gasteiger partial charge on any atom is 0.166 e. The Balaban J connectivity index is 2.54. The first-order chi connectivity index (χ1) is 6.24. The third-order valence-corrected chi connectivity index (χ3v) is 2.16. The van der Waals surface area contributed by atoms with Crippen molar-refractivity contribution in [2.45, 2.75) is 13.5 Å². The number of hydrogen-bond donors (Lipinski definition) is 2. The molecular formula is C9H13N3S. The summed E-state index contributed by atoms with van der Waals surface area (Å²) in [5.41, 5.74) is 2.39. The van der Waals surface area contributed by atoms with Gasteiger partial charge in [0.05, 0.1) is 0 Å². The third-order valence-electron chi connectivity index (χ3n) is 1.81. The number of rotatable bonds is 2. The Morgan fingerprint density at radius 1 is 1.62 bits per heavy atom. The van der Waals surface area contributed by atoms with Gasteiger partial charge in [-0.25, -0.2) is 0 Å². The van der Waals surface area contributed by atoms with Gasteiger partial charge in [0.25, 0.3) is 0 Å². The van der Waals surface area contributed by atoms with E-state index >= 15 is 0 Å². The Morgan fingerprint density at radius 3 is 3.00 bits per heavy atom. The van der Waals surface area contributed by atoms with E-state index in [4.69, 9.17) is 12.2 Å². The van der Waals surface area contributed by atoms with Crippen LogP contribution in [0.4, 0.5) is 0 Å². The first-order valence-corrected chi connectivity index (χ1v) is 4.50. The molecule has 0 aliphatic rings. The molecule has 1 aromatic heterocycles. The average molecular weight is 195 g/mol. The molecule has 1 heterocycles. The first-order valence-electron chi connectivity index (χ1n) is 4.09. The second-order valence-electron chi connectivity index (χ2n) is 2.73. The predicted octanol–water partition coefficient (Wildman–Crippen LogP) is 0.984. The van der Waals surface area contributed by atoms with Gasteiger partial charge in [-0.2, -0.15) is 0 Å². The number of pyridine rings is 1. The standard InChI is InChI=1S/C9H13N3S/c1-7-3-4-11-5-8(7)6-12-9(13)10-2/h3-5H,6H2,1-2H3,(H2,10,12,13). The van der Waals surface area contributed by atoms with E-state index in [0.717, 1.165) is 6.54 Å². The number of aryl methyl sites for hydroxylation is 1. The minimum Gasteiger partial charge on any atom is -0.366 e. The minimum absolute atomic E-state index is 0.656. The van der Waals surface area contributed by atoms with Crippen LogP contribution in [-0.4, -0.2) is 17.1 Å². The van der Waals surface area contributed by atoms with E-state index in [9.17, 15) is 0 Å². The Bertz CT molecular complexity index is 299. The molecule has 0 fully saturated rings. The maximum absolute atomic E-state index is 4.96. The molecule has 0 amide bonds. The van der Waals surface area contributed by atoms with Gasteiger partial charge in [0.2, 0.25) is 0 Å². The van der Waals surface area contributed by atoms with Crippen LogP contribution in [0.2, 0.25) is 0 Å². The van der Waals surface area contributed by atoms with Gasteiger partial charge in [-0.15, -0.1) is 0 Å². The summed E-state index contributed by atoms with van der Waals surface area (Å²) in [4.78, 5) is 4.05. The molecule has 0 saturated carbocycles. The quantitative estimate of drug-likeness (QED) is 0.690. The zero-order chi connectivity index (χ0) is 9.68. The van der Waals surface area contributed by atoms with Gasteiger partial charge < -0.3 is 10.6 Å². The topological polar surface area (TPSA) is 37.0 Å². The van der Waals surface area contributed by atoms with Crippen LogP contribution in [0, 0.1) is 6.92 Å². The lowest BCUT2D eigenvalue weighted by Gasteiger charge is -2.08. The smallest absolute Gasteiger partial charge is 0.166 e. The number of aromatic nitrogens is 1. The van der Waals surface area contributed by atoms with Crippen molar-refractivity contribution in [3.05, 3.63) is 29.6 Å². The van der Waals surface area contributed by atoms with Gasteiger partial charge in [0.1, 0.15) is 0 Å². The molecule has 0 spiro atoms.